The Hall–Kier alpha value is -1.10. The van der Waals surface area contributed by atoms with E-state index in [0.717, 1.165) is 0 Å². The molecule has 1 saturated heterocycles. The summed E-state index contributed by atoms with van der Waals surface area (Å²) in [6.45, 7) is 8.06. The van der Waals surface area contributed by atoms with Gasteiger partial charge < -0.3 is 14.4 Å². The van der Waals surface area contributed by atoms with Crippen molar-refractivity contribution < 1.29 is 19.1 Å². The van der Waals surface area contributed by atoms with Crippen molar-refractivity contribution in [2.75, 3.05) is 20.3 Å². The maximum Gasteiger partial charge on any atom is 0.410 e. The van der Waals surface area contributed by atoms with Gasteiger partial charge in [-0.05, 0) is 34.1 Å². The van der Waals surface area contributed by atoms with Gasteiger partial charge in [-0.3, -0.25) is 4.79 Å². The lowest BCUT2D eigenvalue weighted by molar-refractivity contribution is -0.127. The Bertz CT molecular complexity index is 321. The fraction of sp³-hybridized carbons (Fsp3) is 0.846. The van der Waals surface area contributed by atoms with Gasteiger partial charge in [-0.15, -0.1) is 0 Å². The van der Waals surface area contributed by atoms with E-state index >= 15 is 0 Å². The topological polar surface area (TPSA) is 55.8 Å². The van der Waals surface area contributed by atoms with Crippen LogP contribution in [0.1, 0.15) is 34.1 Å². The standard InChI is InChI=1S/C13H23NO4/c1-9-10(11(15)8-17-5)6-7-14(9)12(16)18-13(2,3)4/h9-10H,6-8H2,1-5H3. The van der Waals surface area contributed by atoms with Crippen molar-refractivity contribution in [2.45, 2.75) is 45.8 Å². The van der Waals surface area contributed by atoms with Crippen LogP contribution in [0.3, 0.4) is 0 Å². The van der Waals surface area contributed by atoms with Gasteiger partial charge in [0.15, 0.2) is 5.78 Å². The summed E-state index contributed by atoms with van der Waals surface area (Å²) < 4.78 is 10.2. The second-order valence-corrected chi connectivity index (χ2v) is 5.71. The van der Waals surface area contributed by atoms with Crippen molar-refractivity contribution in [2.24, 2.45) is 5.92 Å². The normalized spacial score (nSPS) is 24.2. The molecule has 0 spiro atoms. The van der Waals surface area contributed by atoms with Gasteiger partial charge in [0.25, 0.3) is 0 Å². The largest absolute Gasteiger partial charge is 0.444 e. The molecule has 1 rings (SSSR count). The lowest BCUT2D eigenvalue weighted by Crippen LogP contribution is -2.41. The number of hydrogen-bond acceptors (Lipinski definition) is 4. The molecule has 0 aromatic heterocycles. The third-order valence-electron chi connectivity index (χ3n) is 3.08. The third kappa shape index (κ3) is 3.70. The van der Waals surface area contributed by atoms with Gasteiger partial charge in [0.05, 0.1) is 0 Å². The van der Waals surface area contributed by atoms with E-state index in [1.807, 2.05) is 27.7 Å². The minimum absolute atomic E-state index is 0.0519. The van der Waals surface area contributed by atoms with Gasteiger partial charge in [-0.25, -0.2) is 4.79 Å². The van der Waals surface area contributed by atoms with Gasteiger partial charge in [-0.2, -0.15) is 0 Å². The third-order valence-corrected chi connectivity index (χ3v) is 3.08. The number of Topliss-reactive ketones (excluding diaryl/α,β-unsaturated/α-hetero) is 1. The minimum Gasteiger partial charge on any atom is -0.444 e. The van der Waals surface area contributed by atoms with E-state index in [4.69, 9.17) is 9.47 Å². The van der Waals surface area contributed by atoms with Crippen LogP contribution in [0.15, 0.2) is 0 Å². The summed E-state index contributed by atoms with van der Waals surface area (Å²) in [6.07, 6.45) is 0.338. The molecule has 2 unspecified atom stereocenters. The molecule has 0 aromatic carbocycles. The fourth-order valence-corrected chi connectivity index (χ4v) is 2.20. The van der Waals surface area contributed by atoms with Crippen molar-refractivity contribution in [1.29, 1.82) is 0 Å². The predicted octanol–water partition coefficient (Wildman–Crippen LogP) is 1.85. The molecule has 0 N–H and O–H groups in total. The molecule has 0 aromatic rings. The molecule has 18 heavy (non-hydrogen) atoms. The maximum absolute atomic E-state index is 12.0. The van der Waals surface area contributed by atoms with Gasteiger partial charge in [0, 0.05) is 25.6 Å². The molecule has 1 fully saturated rings. The van der Waals surface area contributed by atoms with E-state index in [-0.39, 0.29) is 30.4 Å². The molecule has 0 radical (unpaired) electrons. The molecule has 5 heteroatoms. The Kier molecular flexibility index (Phi) is 4.73. The van der Waals surface area contributed by atoms with Crippen molar-refractivity contribution in [3.63, 3.8) is 0 Å². The van der Waals surface area contributed by atoms with Crippen molar-refractivity contribution in [1.82, 2.24) is 4.90 Å². The molecule has 5 nitrogen and oxygen atoms in total. The second kappa shape index (κ2) is 5.69. The number of ether oxygens (including phenoxy) is 2. The fourth-order valence-electron chi connectivity index (χ4n) is 2.20. The molecular formula is C13H23NO4. The number of likely N-dealkylation sites (tertiary alicyclic amines) is 1. The minimum atomic E-state index is -0.509. The van der Waals surface area contributed by atoms with Gasteiger partial charge in [0.2, 0.25) is 0 Å². The first-order valence-corrected chi connectivity index (χ1v) is 6.27. The number of rotatable bonds is 3. The van der Waals surface area contributed by atoms with E-state index in [1.165, 1.54) is 7.11 Å². The predicted molar refractivity (Wildman–Crippen MR) is 67.4 cm³/mol. The summed E-state index contributed by atoms with van der Waals surface area (Å²) in [7, 11) is 1.50. The maximum atomic E-state index is 12.0. The smallest absolute Gasteiger partial charge is 0.410 e. The summed E-state index contributed by atoms with van der Waals surface area (Å²) in [5, 5.41) is 0. The zero-order valence-corrected chi connectivity index (χ0v) is 11.9. The number of nitrogens with zero attached hydrogens (tertiary/aromatic N) is 1. The van der Waals surface area contributed by atoms with E-state index in [2.05, 4.69) is 0 Å². The summed E-state index contributed by atoms with van der Waals surface area (Å²) in [5.41, 5.74) is -0.509. The molecule has 104 valence electrons. The highest BCUT2D eigenvalue weighted by Gasteiger charge is 2.39. The average Bonchev–Trinajstić information content (AvgIpc) is 2.57. The lowest BCUT2D eigenvalue weighted by Gasteiger charge is -2.28. The van der Waals surface area contributed by atoms with Crippen LogP contribution in [-0.4, -0.2) is 48.7 Å². The molecule has 1 heterocycles. The van der Waals surface area contributed by atoms with E-state index < -0.39 is 5.60 Å². The van der Waals surface area contributed by atoms with Crippen molar-refractivity contribution in [3.8, 4) is 0 Å². The van der Waals surface area contributed by atoms with Crippen molar-refractivity contribution in [3.05, 3.63) is 0 Å². The summed E-state index contributed by atoms with van der Waals surface area (Å²) in [6, 6.07) is -0.123. The van der Waals surface area contributed by atoms with Gasteiger partial charge in [0.1, 0.15) is 12.2 Å². The molecule has 1 amide bonds. The second-order valence-electron chi connectivity index (χ2n) is 5.71. The van der Waals surface area contributed by atoms with Crippen LogP contribution in [0, 0.1) is 5.92 Å². The number of amides is 1. The zero-order chi connectivity index (χ0) is 13.9. The molecular weight excluding hydrogens is 234 g/mol. The van der Waals surface area contributed by atoms with Crippen molar-refractivity contribution >= 4 is 11.9 Å². The molecule has 1 aliphatic heterocycles. The molecule has 0 bridgehead atoms. The van der Waals surface area contributed by atoms with E-state index in [1.54, 1.807) is 4.90 Å². The number of ketones is 1. The number of methoxy groups -OCH3 is 1. The quantitative estimate of drug-likeness (QED) is 0.774. The SMILES string of the molecule is COCC(=O)C1CCN(C(=O)OC(C)(C)C)C1C. The Balaban J connectivity index is 2.61. The lowest BCUT2D eigenvalue weighted by atomic mass is 9.97. The number of carbonyl (C=O) groups excluding carboxylic acids is 2. The van der Waals surface area contributed by atoms with Crippen LogP contribution in [-0.2, 0) is 14.3 Å². The highest BCUT2D eigenvalue weighted by Crippen LogP contribution is 2.26. The molecule has 2 atom stereocenters. The first-order chi connectivity index (χ1) is 8.26. The number of hydrogen-bond donors (Lipinski definition) is 0. The highest BCUT2D eigenvalue weighted by molar-refractivity contribution is 5.84. The van der Waals surface area contributed by atoms with Gasteiger partial charge >= 0.3 is 6.09 Å². The molecule has 1 aliphatic rings. The summed E-state index contributed by atoms with van der Waals surface area (Å²) in [4.78, 5) is 25.4. The first-order valence-electron chi connectivity index (χ1n) is 6.27. The van der Waals surface area contributed by atoms with Crippen LogP contribution in [0.5, 0.6) is 0 Å². The molecule has 0 aliphatic carbocycles. The Morgan fingerprint density at radius 3 is 2.44 bits per heavy atom. The van der Waals surface area contributed by atoms with Gasteiger partial charge in [-0.1, -0.05) is 0 Å². The zero-order valence-electron chi connectivity index (χ0n) is 11.9. The summed E-state index contributed by atoms with van der Waals surface area (Å²) in [5.74, 6) is -0.0893. The highest BCUT2D eigenvalue weighted by atomic mass is 16.6. The van der Waals surface area contributed by atoms with Crippen LogP contribution < -0.4 is 0 Å². The Morgan fingerprint density at radius 1 is 1.33 bits per heavy atom. The summed E-state index contributed by atoms with van der Waals surface area (Å²) >= 11 is 0. The van der Waals surface area contributed by atoms with E-state index in [9.17, 15) is 9.59 Å². The molecule has 0 saturated carbocycles. The number of carbonyl (C=O) groups is 2. The van der Waals surface area contributed by atoms with Crippen LogP contribution in [0.25, 0.3) is 0 Å². The average molecular weight is 257 g/mol. The van der Waals surface area contributed by atoms with Crippen LogP contribution in [0.2, 0.25) is 0 Å². The van der Waals surface area contributed by atoms with E-state index in [0.29, 0.717) is 13.0 Å². The monoisotopic (exact) mass is 257 g/mol. The van der Waals surface area contributed by atoms with Crippen LogP contribution in [0.4, 0.5) is 4.79 Å². The Morgan fingerprint density at radius 2 is 1.94 bits per heavy atom. The first kappa shape index (κ1) is 15.0. The Labute approximate surface area is 108 Å². The van der Waals surface area contributed by atoms with Crippen LogP contribution >= 0.6 is 0 Å².